The number of alkyl halides is 3. The smallest absolute Gasteiger partial charge is 0.366 e. The quantitative estimate of drug-likeness (QED) is 0.338. The second-order valence-electron chi connectivity index (χ2n) is 8.81. The average Bonchev–Trinajstić information content (AvgIpc) is 3.30. The first-order chi connectivity index (χ1) is 17.9. The Morgan fingerprint density at radius 2 is 1.68 bits per heavy atom. The maximum absolute atomic E-state index is 14.3. The maximum Gasteiger partial charge on any atom is 0.451 e. The van der Waals surface area contributed by atoms with Crippen molar-refractivity contribution in [3.8, 4) is 0 Å². The van der Waals surface area contributed by atoms with Crippen molar-refractivity contribution < 1.29 is 35.9 Å². The fourth-order valence-corrected chi connectivity index (χ4v) is 4.17. The van der Waals surface area contributed by atoms with Crippen LogP contribution in [-0.4, -0.2) is 44.1 Å². The summed E-state index contributed by atoms with van der Waals surface area (Å²) < 4.78 is 81.7. The summed E-state index contributed by atoms with van der Waals surface area (Å²) in [6, 6.07) is 6.64. The van der Waals surface area contributed by atoms with Gasteiger partial charge in [0.25, 0.3) is 0 Å². The van der Waals surface area contributed by atoms with Crippen LogP contribution in [0, 0.1) is 17.5 Å². The van der Waals surface area contributed by atoms with E-state index in [-0.39, 0.29) is 56.0 Å². The molecule has 0 bridgehead atoms. The zero-order valence-electron chi connectivity index (χ0n) is 19.7. The number of amides is 2. The van der Waals surface area contributed by atoms with Crippen LogP contribution in [0.1, 0.15) is 39.6 Å². The Bertz CT molecular complexity index is 1340. The van der Waals surface area contributed by atoms with E-state index in [1.807, 2.05) is 0 Å². The molecule has 4 rings (SSSR count). The number of primary amides is 1. The van der Waals surface area contributed by atoms with Crippen molar-refractivity contribution in [2.75, 3.05) is 6.54 Å². The van der Waals surface area contributed by atoms with Gasteiger partial charge >= 0.3 is 6.18 Å². The van der Waals surface area contributed by atoms with Crippen molar-refractivity contribution in [2.24, 2.45) is 5.73 Å². The zero-order chi connectivity index (χ0) is 27.6. The molecule has 8 nitrogen and oxygen atoms in total. The Morgan fingerprint density at radius 1 is 1.00 bits per heavy atom. The molecule has 14 heteroatoms. The number of fused-ring (bicyclic) bond motifs is 1. The predicted octanol–water partition coefficient (Wildman–Crippen LogP) is 2.95. The normalized spacial score (nSPS) is 14.3. The van der Waals surface area contributed by atoms with Crippen LogP contribution in [0.3, 0.4) is 0 Å². The van der Waals surface area contributed by atoms with Crippen LogP contribution in [-0.2, 0) is 37.0 Å². The first kappa shape index (κ1) is 27.1. The summed E-state index contributed by atoms with van der Waals surface area (Å²) in [5, 5.41) is 9.82. The number of nitrogens with one attached hydrogen (secondary N) is 1. The molecule has 2 aromatic carbocycles. The lowest BCUT2D eigenvalue weighted by molar-refractivity contribution is -0.148. The van der Waals surface area contributed by atoms with E-state index in [9.17, 15) is 35.9 Å². The Morgan fingerprint density at radius 3 is 2.34 bits per heavy atom. The van der Waals surface area contributed by atoms with Crippen LogP contribution < -0.4 is 11.1 Å². The van der Waals surface area contributed by atoms with Gasteiger partial charge in [-0.3, -0.25) is 9.59 Å². The molecule has 3 N–H and O–H groups in total. The van der Waals surface area contributed by atoms with E-state index >= 15 is 0 Å². The summed E-state index contributed by atoms with van der Waals surface area (Å²) in [4.78, 5) is 25.7. The second kappa shape index (κ2) is 10.8. The number of benzene rings is 2. The highest BCUT2D eigenvalue weighted by Gasteiger charge is 2.40. The number of halogens is 6. The van der Waals surface area contributed by atoms with Gasteiger partial charge in [-0.2, -0.15) is 13.2 Å². The molecule has 2 heterocycles. The minimum Gasteiger partial charge on any atom is -0.366 e. The molecule has 0 saturated carbocycles. The van der Waals surface area contributed by atoms with E-state index in [4.69, 9.17) is 5.73 Å². The number of aromatic nitrogens is 3. The zero-order valence-corrected chi connectivity index (χ0v) is 19.7. The van der Waals surface area contributed by atoms with Crippen LogP contribution in [0.5, 0.6) is 0 Å². The summed E-state index contributed by atoms with van der Waals surface area (Å²) in [6.45, 7) is -0.229. The molecule has 0 saturated heterocycles. The first-order valence-electron chi connectivity index (χ1n) is 11.4. The summed E-state index contributed by atoms with van der Waals surface area (Å²) in [5.41, 5.74) is 6.06. The van der Waals surface area contributed by atoms with Crippen LogP contribution in [0.15, 0.2) is 36.4 Å². The summed E-state index contributed by atoms with van der Waals surface area (Å²) in [5.74, 6) is -5.82. The van der Waals surface area contributed by atoms with E-state index in [2.05, 4.69) is 15.5 Å². The van der Waals surface area contributed by atoms with Gasteiger partial charge in [0.2, 0.25) is 17.6 Å². The van der Waals surface area contributed by atoms with Crippen molar-refractivity contribution in [1.82, 2.24) is 25.0 Å². The lowest BCUT2D eigenvalue weighted by Crippen LogP contribution is -2.43. The highest BCUT2D eigenvalue weighted by Crippen LogP contribution is 2.29. The van der Waals surface area contributed by atoms with Crippen LogP contribution in [0.4, 0.5) is 26.3 Å². The van der Waals surface area contributed by atoms with Gasteiger partial charge in [-0.25, -0.2) is 13.2 Å². The van der Waals surface area contributed by atoms with Crippen molar-refractivity contribution in [3.63, 3.8) is 0 Å². The topological polar surface area (TPSA) is 106 Å². The minimum absolute atomic E-state index is 0.0253. The number of nitrogens with two attached hydrogens (primary N) is 1. The SMILES string of the molecule is NC(=O)c1ccc(CN[C@@H](CC(=O)N2CCn3c(nnc3C(F)(F)F)C2)Cc2cc(F)c(F)cc2F)cc1. The lowest BCUT2D eigenvalue weighted by Gasteiger charge is -2.30. The number of hydrogen-bond donors (Lipinski definition) is 2. The van der Waals surface area contributed by atoms with Gasteiger partial charge in [0, 0.05) is 43.7 Å². The monoisotopic (exact) mass is 540 g/mol. The van der Waals surface area contributed by atoms with E-state index in [1.165, 1.54) is 17.0 Å². The molecule has 0 radical (unpaired) electrons. The lowest BCUT2D eigenvalue weighted by atomic mass is 10.0. The average molecular weight is 540 g/mol. The number of hydrogen-bond acceptors (Lipinski definition) is 5. The fraction of sp³-hybridized carbons (Fsp3) is 0.333. The minimum atomic E-state index is -4.68. The maximum atomic E-state index is 14.3. The van der Waals surface area contributed by atoms with Crippen molar-refractivity contribution >= 4 is 11.8 Å². The molecule has 0 aliphatic carbocycles. The molecule has 1 aliphatic heterocycles. The van der Waals surface area contributed by atoms with Gasteiger partial charge < -0.3 is 20.5 Å². The third-order valence-corrected chi connectivity index (χ3v) is 6.17. The van der Waals surface area contributed by atoms with E-state index < -0.39 is 47.3 Å². The van der Waals surface area contributed by atoms with Crippen molar-refractivity contribution in [1.29, 1.82) is 0 Å². The third-order valence-electron chi connectivity index (χ3n) is 6.17. The van der Waals surface area contributed by atoms with Gasteiger partial charge in [0.15, 0.2) is 17.5 Å². The van der Waals surface area contributed by atoms with Crippen molar-refractivity contribution in [2.45, 2.75) is 44.7 Å². The van der Waals surface area contributed by atoms with Crippen LogP contribution in [0.25, 0.3) is 0 Å². The molecular weight excluding hydrogens is 518 g/mol. The third kappa shape index (κ3) is 6.13. The molecule has 1 aromatic heterocycles. The fourth-order valence-electron chi connectivity index (χ4n) is 4.17. The second-order valence-corrected chi connectivity index (χ2v) is 8.81. The van der Waals surface area contributed by atoms with Crippen molar-refractivity contribution in [3.05, 3.63) is 82.2 Å². The summed E-state index contributed by atoms with van der Waals surface area (Å²) >= 11 is 0. The largest absolute Gasteiger partial charge is 0.451 e. The molecule has 1 atom stereocenters. The molecule has 0 spiro atoms. The highest BCUT2D eigenvalue weighted by atomic mass is 19.4. The Labute approximate surface area is 212 Å². The summed E-state index contributed by atoms with van der Waals surface area (Å²) in [7, 11) is 0. The molecule has 1 aliphatic rings. The Hall–Kier alpha value is -3.94. The van der Waals surface area contributed by atoms with E-state index in [0.29, 0.717) is 17.7 Å². The molecule has 38 heavy (non-hydrogen) atoms. The number of rotatable bonds is 8. The molecule has 3 aromatic rings. The first-order valence-corrected chi connectivity index (χ1v) is 11.4. The molecule has 202 valence electrons. The van der Waals surface area contributed by atoms with E-state index in [0.717, 1.165) is 4.57 Å². The van der Waals surface area contributed by atoms with Crippen LogP contribution in [0.2, 0.25) is 0 Å². The number of carbonyl (C=O) groups is 2. The van der Waals surface area contributed by atoms with Gasteiger partial charge in [0.1, 0.15) is 5.82 Å². The number of nitrogens with zero attached hydrogens (tertiary/aromatic N) is 4. The Balaban J connectivity index is 1.49. The van der Waals surface area contributed by atoms with E-state index in [1.54, 1.807) is 12.1 Å². The Kier molecular flexibility index (Phi) is 7.71. The molecule has 0 unspecified atom stereocenters. The highest BCUT2D eigenvalue weighted by molar-refractivity contribution is 5.92. The molecule has 0 fully saturated rings. The predicted molar refractivity (Wildman–Crippen MR) is 121 cm³/mol. The van der Waals surface area contributed by atoms with Gasteiger partial charge in [-0.05, 0) is 35.7 Å². The van der Waals surface area contributed by atoms with Crippen LogP contribution >= 0.6 is 0 Å². The molecular formula is C24H22F6N6O2. The van der Waals surface area contributed by atoms with Gasteiger partial charge in [-0.15, -0.1) is 10.2 Å². The summed E-state index contributed by atoms with van der Waals surface area (Å²) in [6.07, 6.45) is -5.09. The molecule has 2 amide bonds. The standard InChI is InChI=1S/C24H22F6N6O2/c25-17-10-19(27)18(26)8-15(17)7-16(32-11-13-1-3-14(4-2-13)22(31)38)9-21(37)35-5-6-36-20(12-35)33-34-23(36)24(28,29)30/h1-4,8,10,16,32H,5-7,9,11-12H2,(H2,31,38)/t16-/m1/s1. The van der Waals surface area contributed by atoms with Gasteiger partial charge in [-0.1, -0.05) is 12.1 Å². The van der Waals surface area contributed by atoms with Gasteiger partial charge in [0.05, 0.1) is 6.54 Å². The number of carbonyl (C=O) groups excluding carboxylic acids is 2.